The van der Waals surface area contributed by atoms with Crippen LogP contribution in [0.15, 0.2) is 24.3 Å². The normalized spacial score (nSPS) is 19.7. The molecule has 1 fully saturated rings. The van der Waals surface area contributed by atoms with Crippen molar-refractivity contribution in [1.82, 2.24) is 4.90 Å². The topological polar surface area (TPSA) is 38.5 Å². The third kappa shape index (κ3) is 2.68. The number of hydrogen-bond acceptors (Lipinski definition) is 3. The Labute approximate surface area is 110 Å². The Kier molecular flexibility index (Phi) is 4.61. The monoisotopic (exact) mass is 248 g/mol. The molecule has 2 N–H and O–H groups in total. The lowest BCUT2D eigenvalue weighted by atomic mass is 9.91. The second-order valence-electron chi connectivity index (χ2n) is 5.08. The van der Waals surface area contributed by atoms with Crippen molar-refractivity contribution in [3.05, 3.63) is 29.8 Å². The SMILES string of the molecule is COc1ccccc1C(C)C(CN)N1CCCC1. The van der Waals surface area contributed by atoms with E-state index < -0.39 is 0 Å². The van der Waals surface area contributed by atoms with Crippen LogP contribution in [-0.2, 0) is 0 Å². The highest BCUT2D eigenvalue weighted by molar-refractivity contribution is 5.36. The maximum absolute atomic E-state index is 6.00. The molecule has 3 nitrogen and oxygen atoms in total. The largest absolute Gasteiger partial charge is 0.496 e. The third-order valence-corrected chi connectivity index (χ3v) is 4.06. The first-order valence-electron chi connectivity index (χ1n) is 6.85. The number of rotatable bonds is 5. The number of likely N-dealkylation sites (tertiary alicyclic amines) is 1. The van der Waals surface area contributed by atoms with Gasteiger partial charge in [-0.3, -0.25) is 4.90 Å². The van der Waals surface area contributed by atoms with Gasteiger partial charge in [-0.15, -0.1) is 0 Å². The lowest BCUT2D eigenvalue weighted by Crippen LogP contribution is -2.42. The van der Waals surface area contributed by atoms with Gasteiger partial charge in [0.05, 0.1) is 7.11 Å². The summed E-state index contributed by atoms with van der Waals surface area (Å²) < 4.78 is 5.46. The van der Waals surface area contributed by atoms with Gasteiger partial charge in [0, 0.05) is 18.5 Å². The van der Waals surface area contributed by atoms with E-state index in [1.165, 1.54) is 31.5 Å². The van der Waals surface area contributed by atoms with Gasteiger partial charge in [-0.1, -0.05) is 25.1 Å². The van der Waals surface area contributed by atoms with Gasteiger partial charge in [-0.2, -0.15) is 0 Å². The molecule has 0 spiro atoms. The second-order valence-corrected chi connectivity index (χ2v) is 5.08. The minimum atomic E-state index is 0.407. The molecule has 0 radical (unpaired) electrons. The van der Waals surface area contributed by atoms with E-state index in [0.717, 1.165) is 5.75 Å². The summed E-state index contributed by atoms with van der Waals surface area (Å²) in [5.74, 6) is 1.38. The van der Waals surface area contributed by atoms with Crippen LogP contribution >= 0.6 is 0 Å². The summed E-state index contributed by atoms with van der Waals surface area (Å²) in [5, 5.41) is 0. The lowest BCUT2D eigenvalue weighted by Gasteiger charge is -2.32. The van der Waals surface area contributed by atoms with Crippen LogP contribution in [0.4, 0.5) is 0 Å². The van der Waals surface area contributed by atoms with Crippen LogP contribution < -0.4 is 10.5 Å². The van der Waals surface area contributed by atoms with Crippen molar-refractivity contribution in [2.24, 2.45) is 5.73 Å². The van der Waals surface area contributed by atoms with E-state index in [0.29, 0.717) is 18.5 Å². The van der Waals surface area contributed by atoms with Gasteiger partial charge in [-0.05, 0) is 37.6 Å². The highest BCUT2D eigenvalue weighted by Crippen LogP contribution is 2.31. The molecule has 1 heterocycles. The molecule has 1 aliphatic heterocycles. The maximum atomic E-state index is 6.00. The minimum Gasteiger partial charge on any atom is -0.496 e. The number of nitrogens with zero attached hydrogens (tertiary/aromatic N) is 1. The summed E-state index contributed by atoms with van der Waals surface area (Å²) in [6.07, 6.45) is 2.60. The molecular weight excluding hydrogens is 224 g/mol. The molecule has 2 atom stereocenters. The summed E-state index contributed by atoms with van der Waals surface area (Å²) in [7, 11) is 1.73. The van der Waals surface area contributed by atoms with E-state index in [9.17, 15) is 0 Å². The molecule has 1 aromatic carbocycles. The molecule has 100 valence electrons. The van der Waals surface area contributed by atoms with Crippen LogP contribution in [0.2, 0.25) is 0 Å². The minimum absolute atomic E-state index is 0.407. The number of benzene rings is 1. The fourth-order valence-corrected chi connectivity index (χ4v) is 2.99. The Morgan fingerprint density at radius 2 is 1.94 bits per heavy atom. The highest BCUT2D eigenvalue weighted by atomic mass is 16.5. The summed E-state index contributed by atoms with van der Waals surface area (Å²) in [6.45, 7) is 5.33. The summed E-state index contributed by atoms with van der Waals surface area (Å²) in [6, 6.07) is 8.70. The first kappa shape index (κ1) is 13.4. The standard InChI is InChI=1S/C15H24N2O/c1-12(13-7-3-4-8-15(13)18-2)14(11-16)17-9-5-6-10-17/h3-4,7-8,12,14H,5-6,9-11,16H2,1-2H3. The van der Waals surface area contributed by atoms with Crippen molar-refractivity contribution in [2.75, 3.05) is 26.7 Å². The lowest BCUT2D eigenvalue weighted by molar-refractivity contribution is 0.219. The van der Waals surface area contributed by atoms with Crippen molar-refractivity contribution < 1.29 is 4.74 Å². The maximum Gasteiger partial charge on any atom is 0.122 e. The first-order valence-corrected chi connectivity index (χ1v) is 6.85. The van der Waals surface area contributed by atoms with E-state index in [1.54, 1.807) is 7.11 Å². The van der Waals surface area contributed by atoms with Crippen molar-refractivity contribution in [3.63, 3.8) is 0 Å². The van der Waals surface area contributed by atoms with E-state index in [1.807, 2.05) is 12.1 Å². The van der Waals surface area contributed by atoms with Gasteiger partial charge >= 0.3 is 0 Å². The molecule has 18 heavy (non-hydrogen) atoms. The quantitative estimate of drug-likeness (QED) is 0.868. The molecule has 0 amide bonds. The second kappa shape index (κ2) is 6.21. The Bertz CT molecular complexity index is 375. The van der Waals surface area contributed by atoms with Crippen LogP contribution in [0.3, 0.4) is 0 Å². The molecule has 2 unspecified atom stereocenters. The average molecular weight is 248 g/mol. The van der Waals surface area contributed by atoms with Gasteiger partial charge < -0.3 is 10.5 Å². The van der Waals surface area contributed by atoms with Crippen LogP contribution in [0.5, 0.6) is 5.75 Å². The Hall–Kier alpha value is -1.06. The zero-order chi connectivity index (χ0) is 13.0. The van der Waals surface area contributed by atoms with Gasteiger partial charge in [0.1, 0.15) is 5.75 Å². The summed E-state index contributed by atoms with van der Waals surface area (Å²) in [4.78, 5) is 2.52. The van der Waals surface area contributed by atoms with Gasteiger partial charge in [-0.25, -0.2) is 0 Å². The molecule has 0 bridgehead atoms. The zero-order valence-corrected chi connectivity index (χ0v) is 11.4. The third-order valence-electron chi connectivity index (χ3n) is 4.06. The number of methoxy groups -OCH3 is 1. The number of para-hydroxylation sites is 1. The van der Waals surface area contributed by atoms with Gasteiger partial charge in [0.15, 0.2) is 0 Å². The molecule has 0 saturated carbocycles. The van der Waals surface area contributed by atoms with Crippen molar-refractivity contribution in [2.45, 2.75) is 31.7 Å². The predicted octanol–water partition coefficient (Wildman–Crippen LogP) is 2.22. The molecule has 0 aliphatic carbocycles. The highest BCUT2D eigenvalue weighted by Gasteiger charge is 2.27. The smallest absolute Gasteiger partial charge is 0.122 e. The molecule has 0 aromatic heterocycles. The number of hydrogen-bond donors (Lipinski definition) is 1. The molecule has 1 aliphatic rings. The summed E-state index contributed by atoms with van der Waals surface area (Å²) in [5.41, 5.74) is 7.27. The Balaban J connectivity index is 2.19. The van der Waals surface area contributed by atoms with Crippen LogP contribution in [0.25, 0.3) is 0 Å². The zero-order valence-electron chi connectivity index (χ0n) is 11.4. The van der Waals surface area contributed by atoms with Crippen LogP contribution in [-0.4, -0.2) is 37.7 Å². The average Bonchev–Trinajstić information content (AvgIpc) is 2.93. The van der Waals surface area contributed by atoms with Crippen molar-refractivity contribution in [1.29, 1.82) is 0 Å². The van der Waals surface area contributed by atoms with E-state index in [-0.39, 0.29) is 0 Å². The molecular formula is C15H24N2O. The molecule has 1 saturated heterocycles. The molecule has 3 heteroatoms. The van der Waals surface area contributed by atoms with E-state index in [2.05, 4.69) is 24.0 Å². The molecule has 1 aromatic rings. The van der Waals surface area contributed by atoms with E-state index >= 15 is 0 Å². The fraction of sp³-hybridized carbons (Fsp3) is 0.600. The predicted molar refractivity (Wildman–Crippen MR) is 75.1 cm³/mol. The Morgan fingerprint density at radius 3 is 2.56 bits per heavy atom. The van der Waals surface area contributed by atoms with Crippen LogP contribution in [0.1, 0.15) is 31.2 Å². The molecule has 2 rings (SSSR count). The Morgan fingerprint density at radius 1 is 1.28 bits per heavy atom. The van der Waals surface area contributed by atoms with Crippen LogP contribution in [0, 0.1) is 0 Å². The fourth-order valence-electron chi connectivity index (χ4n) is 2.99. The summed E-state index contributed by atoms with van der Waals surface area (Å²) >= 11 is 0. The van der Waals surface area contributed by atoms with E-state index in [4.69, 9.17) is 10.5 Å². The van der Waals surface area contributed by atoms with Gasteiger partial charge in [0.25, 0.3) is 0 Å². The number of nitrogens with two attached hydrogens (primary N) is 1. The number of ether oxygens (including phenoxy) is 1. The van der Waals surface area contributed by atoms with Crippen molar-refractivity contribution in [3.8, 4) is 5.75 Å². The van der Waals surface area contributed by atoms with Gasteiger partial charge in [0.2, 0.25) is 0 Å². The van der Waals surface area contributed by atoms with Crippen molar-refractivity contribution >= 4 is 0 Å². The first-order chi connectivity index (χ1) is 8.77.